The Balaban J connectivity index is 1.16. The van der Waals surface area contributed by atoms with Crippen LogP contribution in [0.25, 0.3) is 11.4 Å². The highest BCUT2D eigenvalue weighted by Crippen LogP contribution is 2.29. The van der Waals surface area contributed by atoms with Crippen molar-refractivity contribution in [2.45, 2.75) is 25.6 Å². The molecule has 2 aromatic heterocycles. The van der Waals surface area contributed by atoms with E-state index in [9.17, 15) is 9.90 Å². The second-order valence-electron chi connectivity index (χ2n) is 8.38. The van der Waals surface area contributed by atoms with Crippen LogP contribution >= 0.6 is 11.6 Å². The molecule has 0 saturated carbocycles. The van der Waals surface area contributed by atoms with Crippen LogP contribution in [0.15, 0.2) is 94.2 Å². The van der Waals surface area contributed by atoms with Crippen molar-refractivity contribution in [2.75, 3.05) is 0 Å². The quantitative estimate of drug-likeness (QED) is 0.214. The van der Waals surface area contributed by atoms with Crippen LogP contribution in [-0.2, 0) is 18.0 Å². The third kappa shape index (κ3) is 6.37. The van der Waals surface area contributed by atoms with Gasteiger partial charge in [-0.2, -0.15) is 4.98 Å². The van der Waals surface area contributed by atoms with E-state index in [-0.39, 0.29) is 13.0 Å². The average molecular weight is 532 g/mol. The number of aromatic nitrogens is 3. The largest absolute Gasteiger partial charge is 0.489 e. The lowest BCUT2D eigenvalue weighted by Crippen LogP contribution is -2.08. The molecular weight excluding hydrogens is 510 g/mol. The topological polar surface area (TPSA) is 121 Å². The Morgan fingerprint density at radius 2 is 1.55 bits per heavy atom. The van der Waals surface area contributed by atoms with Crippen LogP contribution in [0.1, 0.15) is 35.1 Å². The number of carbonyl (C=O) groups is 1. The number of ether oxygens (including phenoxy) is 2. The summed E-state index contributed by atoms with van der Waals surface area (Å²) in [5, 5.41) is 17.9. The standard InChI is InChI=1S/C28H22ClN3O6/c29-21-7-1-18(2-8-21)16-35-22-11-5-20(6-12-22)28-30-26(38-32-28)17-36-23-9-3-19(4-10-23)24(15-27(33)34)25-13-14-37-31-25/h1-14,24H,15-17H2,(H,33,34)/t24-/m0/s1. The van der Waals surface area contributed by atoms with Crippen LogP contribution < -0.4 is 9.47 Å². The molecule has 0 amide bonds. The van der Waals surface area contributed by atoms with Crippen molar-refractivity contribution in [3.05, 3.63) is 113 Å². The first-order chi connectivity index (χ1) is 18.5. The highest BCUT2D eigenvalue weighted by molar-refractivity contribution is 6.30. The predicted molar refractivity (Wildman–Crippen MR) is 137 cm³/mol. The van der Waals surface area contributed by atoms with Gasteiger partial charge in [-0.3, -0.25) is 4.79 Å². The zero-order valence-corrected chi connectivity index (χ0v) is 20.7. The van der Waals surface area contributed by atoms with Crippen LogP contribution in [-0.4, -0.2) is 26.4 Å². The lowest BCUT2D eigenvalue weighted by molar-refractivity contribution is -0.137. The smallest absolute Gasteiger partial charge is 0.304 e. The minimum absolute atomic E-state index is 0.0798. The molecule has 3 aromatic carbocycles. The van der Waals surface area contributed by atoms with Crippen molar-refractivity contribution < 1.29 is 28.4 Å². The van der Waals surface area contributed by atoms with Crippen molar-refractivity contribution in [2.24, 2.45) is 0 Å². The van der Waals surface area contributed by atoms with Crippen LogP contribution in [0, 0.1) is 0 Å². The first-order valence-corrected chi connectivity index (χ1v) is 12.1. The van der Waals surface area contributed by atoms with Gasteiger partial charge in [-0.25, -0.2) is 0 Å². The Kier molecular flexibility index (Phi) is 7.65. The summed E-state index contributed by atoms with van der Waals surface area (Å²) in [6, 6.07) is 23.7. The zero-order chi connectivity index (χ0) is 26.3. The van der Waals surface area contributed by atoms with Crippen molar-refractivity contribution in [3.63, 3.8) is 0 Å². The number of carboxylic acids is 1. The van der Waals surface area contributed by atoms with E-state index in [0.717, 1.165) is 16.7 Å². The van der Waals surface area contributed by atoms with Crippen LogP contribution in [0.5, 0.6) is 11.5 Å². The lowest BCUT2D eigenvalue weighted by atomic mass is 9.92. The van der Waals surface area contributed by atoms with Crippen LogP contribution in [0.4, 0.5) is 0 Å². The molecule has 0 aliphatic rings. The molecule has 1 N–H and O–H groups in total. The van der Waals surface area contributed by atoms with E-state index in [4.69, 9.17) is 30.1 Å². The van der Waals surface area contributed by atoms with Gasteiger partial charge in [-0.05, 0) is 59.7 Å². The van der Waals surface area contributed by atoms with E-state index >= 15 is 0 Å². The van der Waals surface area contributed by atoms with E-state index in [2.05, 4.69) is 15.3 Å². The maximum atomic E-state index is 11.3. The van der Waals surface area contributed by atoms with Gasteiger partial charge in [0.05, 0.1) is 12.1 Å². The molecule has 192 valence electrons. The molecule has 0 aliphatic carbocycles. The van der Waals surface area contributed by atoms with Crippen molar-refractivity contribution >= 4 is 17.6 Å². The number of aliphatic carboxylic acids is 1. The molecule has 1 atom stereocenters. The minimum Gasteiger partial charge on any atom is -0.489 e. The fourth-order valence-corrected chi connectivity index (χ4v) is 3.92. The molecule has 5 aromatic rings. The first-order valence-electron chi connectivity index (χ1n) is 11.7. The Bertz CT molecular complexity index is 1470. The van der Waals surface area contributed by atoms with E-state index < -0.39 is 11.9 Å². The van der Waals surface area contributed by atoms with Gasteiger partial charge >= 0.3 is 5.97 Å². The molecular formula is C28H22ClN3O6. The van der Waals surface area contributed by atoms with Crippen molar-refractivity contribution in [1.29, 1.82) is 0 Å². The Morgan fingerprint density at radius 3 is 2.21 bits per heavy atom. The second kappa shape index (κ2) is 11.6. The van der Waals surface area contributed by atoms with Crippen molar-refractivity contribution in [1.82, 2.24) is 15.3 Å². The monoisotopic (exact) mass is 531 g/mol. The Hall–Kier alpha value is -4.63. The van der Waals surface area contributed by atoms with Gasteiger partial charge in [0.15, 0.2) is 6.61 Å². The second-order valence-corrected chi connectivity index (χ2v) is 8.82. The molecule has 9 nitrogen and oxygen atoms in total. The summed E-state index contributed by atoms with van der Waals surface area (Å²) in [6.45, 7) is 0.512. The molecule has 10 heteroatoms. The SMILES string of the molecule is O=C(O)C[C@@H](c1ccc(OCc2nc(-c3ccc(OCc4ccc(Cl)cc4)cc3)no2)cc1)c1ccon1. The molecule has 0 bridgehead atoms. The minimum atomic E-state index is -0.925. The third-order valence-corrected chi connectivity index (χ3v) is 5.99. The summed E-state index contributed by atoms with van der Waals surface area (Å²) in [6.07, 6.45) is 1.32. The van der Waals surface area contributed by atoms with Crippen LogP contribution in [0.2, 0.25) is 5.02 Å². The fraction of sp³-hybridized carbons (Fsp3) is 0.143. The number of halogens is 1. The molecule has 0 spiro atoms. The molecule has 38 heavy (non-hydrogen) atoms. The Labute approximate surface area is 222 Å². The van der Waals surface area contributed by atoms with Gasteiger partial charge in [-0.1, -0.05) is 46.2 Å². The first kappa shape index (κ1) is 25.0. The highest BCUT2D eigenvalue weighted by atomic mass is 35.5. The number of benzene rings is 3. The van der Waals surface area contributed by atoms with Gasteiger partial charge < -0.3 is 23.6 Å². The van der Waals surface area contributed by atoms with E-state index in [1.165, 1.54) is 6.26 Å². The van der Waals surface area contributed by atoms with Gasteiger partial charge in [0, 0.05) is 22.6 Å². The molecule has 0 fully saturated rings. The maximum absolute atomic E-state index is 11.3. The molecule has 0 radical (unpaired) electrons. The molecule has 5 rings (SSSR count). The summed E-state index contributed by atoms with van der Waals surface area (Å²) < 4.78 is 21.8. The summed E-state index contributed by atoms with van der Waals surface area (Å²) in [5.41, 5.74) is 3.14. The van der Waals surface area contributed by atoms with Crippen LogP contribution in [0.3, 0.4) is 0 Å². The van der Waals surface area contributed by atoms with Gasteiger partial charge in [-0.15, -0.1) is 0 Å². The summed E-state index contributed by atoms with van der Waals surface area (Å²) in [5.74, 6) is 0.697. The fourth-order valence-electron chi connectivity index (χ4n) is 3.79. The average Bonchev–Trinajstić information content (AvgIpc) is 3.64. The zero-order valence-electron chi connectivity index (χ0n) is 20.0. The molecule has 0 unspecified atom stereocenters. The van der Waals surface area contributed by atoms with E-state index in [1.807, 2.05) is 48.5 Å². The summed E-state index contributed by atoms with van der Waals surface area (Å²) in [4.78, 5) is 15.7. The number of nitrogens with zero attached hydrogens (tertiary/aromatic N) is 3. The van der Waals surface area contributed by atoms with E-state index in [1.54, 1.807) is 30.3 Å². The van der Waals surface area contributed by atoms with Gasteiger partial charge in [0.1, 0.15) is 24.4 Å². The third-order valence-electron chi connectivity index (χ3n) is 5.74. The number of rotatable bonds is 11. The highest BCUT2D eigenvalue weighted by Gasteiger charge is 2.20. The molecule has 0 saturated heterocycles. The number of carboxylic acid groups (broad SMARTS) is 1. The molecule has 2 heterocycles. The maximum Gasteiger partial charge on any atom is 0.304 e. The summed E-state index contributed by atoms with van der Waals surface area (Å²) >= 11 is 5.91. The predicted octanol–water partition coefficient (Wildman–Crippen LogP) is 6.14. The van der Waals surface area contributed by atoms with Gasteiger partial charge in [0.2, 0.25) is 5.82 Å². The summed E-state index contributed by atoms with van der Waals surface area (Å²) in [7, 11) is 0. The molecule has 0 aliphatic heterocycles. The Morgan fingerprint density at radius 1 is 0.868 bits per heavy atom. The normalized spacial score (nSPS) is 11.7. The lowest BCUT2D eigenvalue weighted by Gasteiger charge is -2.13. The number of hydrogen-bond acceptors (Lipinski definition) is 8. The number of hydrogen-bond donors (Lipinski definition) is 1. The van der Waals surface area contributed by atoms with Gasteiger partial charge in [0.25, 0.3) is 5.89 Å². The van der Waals surface area contributed by atoms with E-state index in [0.29, 0.717) is 40.5 Å². The van der Waals surface area contributed by atoms with Crippen molar-refractivity contribution in [3.8, 4) is 22.9 Å².